The Morgan fingerprint density at radius 2 is 1.86 bits per heavy atom. The highest BCUT2D eigenvalue weighted by Gasteiger charge is 2.27. The number of benzene rings is 1. The Labute approximate surface area is 137 Å². The minimum absolute atomic E-state index is 0.515. The molecule has 0 saturated heterocycles. The maximum atomic E-state index is 4.53. The quantitative estimate of drug-likeness (QED) is 0.787. The van der Waals surface area contributed by atoms with Crippen LogP contribution in [0, 0.1) is 5.92 Å². The monoisotopic (exact) mass is 312 g/mol. The van der Waals surface area contributed by atoms with Gasteiger partial charge in [-0.2, -0.15) is 0 Å². The van der Waals surface area contributed by atoms with Crippen molar-refractivity contribution in [3.63, 3.8) is 0 Å². The van der Waals surface area contributed by atoms with Crippen LogP contribution < -0.4 is 5.32 Å². The summed E-state index contributed by atoms with van der Waals surface area (Å²) in [5.74, 6) is 2.42. The third-order valence-corrected chi connectivity index (χ3v) is 5.25. The van der Waals surface area contributed by atoms with Crippen LogP contribution in [0.5, 0.6) is 0 Å². The zero-order chi connectivity index (χ0) is 15.4. The van der Waals surface area contributed by atoms with Crippen LogP contribution in [0.15, 0.2) is 53.6 Å². The van der Waals surface area contributed by atoms with E-state index in [0.29, 0.717) is 12.0 Å². The fourth-order valence-electron chi connectivity index (χ4n) is 3.51. The van der Waals surface area contributed by atoms with Gasteiger partial charge in [-0.05, 0) is 55.1 Å². The van der Waals surface area contributed by atoms with Crippen molar-refractivity contribution >= 4 is 17.6 Å². The Kier molecular flexibility index (Phi) is 5.04. The fraction of sp³-hybridized carbons (Fsp3) is 0.421. The van der Waals surface area contributed by atoms with Crippen LogP contribution in [-0.2, 0) is 0 Å². The number of nitrogens with zero attached hydrogens (tertiary/aromatic N) is 1. The number of anilines is 1. The van der Waals surface area contributed by atoms with Crippen LogP contribution in [-0.4, -0.2) is 17.3 Å². The second kappa shape index (κ2) is 7.19. The average Bonchev–Trinajstić information content (AvgIpc) is 2.56. The summed E-state index contributed by atoms with van der Waals surface area (Å²) in [4.78, 5) is 5.75. The Bertz CT molecular complexity index is 582. The van der Waals surface area contributed by atoms with Crippen molar-refractivity contribution in [2.45, 2.75) is 43.0 Å². The van der Waals surface area contributed by atoms with Gasteiger partial charge < -0.3 is 5.32 Å². The minimum Gasteiger partial charge on any atom is -0.367 e. The van der Waals surface area contributed by atoms with E-state index in [0.717, 1.165) is 11.7 Å². The van der Waals surface area contributed by atoms with E-state index in [1.54, 1.807) is 11.8 Å². The second-order valence-corrected chi connectivity index (χ2v) is 7.22. The number of thioether (sulfide) groups is 1. The predicted octanol–water partition coefficient (Wildman–Crippen LogP) is 5.19. The molecule has 3 rings (SSSR count). The summed E-state index contributed by atoms with van der Waals surface area (Å²) in [5.41, 5.74) is 1.48. The van der Waals surface area contributed by atoms with Gasteiger partial charge in [-0.15, -0.1) is 11.8 Å². The zero-order valence-corrected chi connectivity index (χ0v) is 14.1. The fourth-order valence-corrected chi connectivity index (χ4v) is 3.88. The minimum atomic E-state index is 0.515. The van der Waals surface area contributed by atoms with Crippen LogP contribution in [0.4, 0.5) is 5.82 Å². The number of hydrogen-bond acceptors (Lipinski definition) is 3. The van der Waals surface area contributed by atoms with Crippen LogP contribution in [0.25, 0.3) is 0 Å². The predicted molar refractivity (Wildman–Crippen MR) is 95.6 cm³/mol. The summed E-state index contributed by atoms with van der Waals surface area (Å²) in [6.45, 7) is 2.37. The van der Waals surface area contributed by atoms with Crippen LogP contribution in [0.3, 0.4) is 0 Å². The van der Waals surface area contributed by atoms with Gasteiger partial charge in [-0.25, -0.2) is 4.98 Å². The summed E-state index contributed by atoms with van der Waals surface area (Å²) in [6, 6.07) is 15.7. The second-order valence-electron chi connectivity index (χ2n) is 6.34. The molecule has 0 amide bonds. The number of aromatic nitrogens is 1. The lowest BCUT2D eigenvalue weighted by Crippen LogP contribution is -2.30. The topological polar surface area (TPSA) is 24.9 Å². The molecule has 1 fully saturated rings. The lowest BCUT2D eigenvalue weighted by molar-refractivity contribution is 0.320. The Hall–Kier alpha value is -1.48. The molecule has 0 radical (unpaired) electrons. The van der Waals surface area contributed by atoms with Crippen LogP contribution in [0.1, 0.15) is 37.7 Å². The van der Waals surface area contributed by atoms with Gasteiger partial charge in [-0.3, -0.25) is 0 Å². The normalized spacial score (nSPS) is 24.9. The maximum Gasteiger partial charge on any atom is 0.126 e. The van der Waals surface area contributed by atoms with Crippen molar-refractivity contribution in [3.8, 4) is 0 Å². The average molecular weight is 312 g/mol. The third-order valence-electron chi connectivity index (χ3n) is 4.54. The molecule has 1 aromatic carbocycles. The summed E-state index contributed by atoms with van der Waals surface area (Å²) in [5, 5.41) is 3.64. The van der Waals surface area contributed by atoms with Crippen molar-refractivity contribution in [3.05, 3.63) is 54.2 Å². The Balaban J connectivity index is 1.68. The van der Waals surface area contributed by atoms with Crippen LogP contribution in [0.2, 0.25) is 0 Å². The van der Waals surface area contributed by atoms with Gasteiger partial charge in [0, 0.05) is 17.1 Å². The summed E-state index contributed by atoms with van der Waals surface area (Å²) in [7, 11) is 0. The first kappa shape index (κ1) is 15.4. The number of hydrogen-bond donors (Lipinski definition) is 1. The molecule has 0 spiro atoms. The lowest BCUT2D eigenvalue weighted by Gasteiger charge is -2.34. The first-order valence-corrected chi connectivity index (χ1v) is 9.28. The van der Waals surface area contributed by atoms with E-state index in [-0.39, 0.29) is 0 Å². The van der Waals surface area contributed by atoms with Crippen LogP contribution >= 0.6 is 11.8 Å². The first-order valence-electron chi connectivity index (χ1n) is 8.06. The van der Waals surface area contributed by atoms with Crippen molar-refractivity contribution in [2.75, 3.05) is 11.6 Å². The number of pyridine rings is 1. The van der Waals surface area contributed by atoms with E-state index >= 15 is 0 Å². The zero-order valence-electron chi connectivity index (χ0n) is 13.3. The van der Waals surface area contributed by atoms with E-state index in [2.05, 4.69) is 65.9 Å². The molecule has 3 heteroatoms. The molecule has 0 aliphatic heterocycles. The SMILES string of the molecule is CSc1ccc(NC2CC(C)CC(c3ccccc3)C2)nc1. The molecule has 2 aromatic rings. The molecule has 3 unspecified atom stereocenters. The molecule has 3 atom stereocenters. The highest BCUT2D eigenvalue weighted by atomic mass is 32.2. The van der Waals surface area contributed by atoms with E-state index in [4.69, 9.17) is 0 Å². The lowest BCUT2D eigenvalue weighted by atomic mass is 9.76. The van der Waals surface area contributed by atoms with Crippen molar-refractivity contribution < 1.29 is 0 Å². The molecule has 0 bridgehead atoms. The van der Waals surface area contributed by atoms with E-state index in [9.17, 15) is 0 Å². The molecule has 1 aromatic heterocycles. The van der Waals surface area contributed by atoms with Crippen molar-refractivity contribution in [1.29, 1.82) is 0 Å². The molecule has 1 aliphatic carbocycles. The Morgan fingerprint density at radius 3 is 2.55 bits per heavy atom. The summed E-state index contributed by atoms with van der Waals surface area (Å²) in [6.07, 6.45) is 7.75. The Morgan fingerprint density at radius 1 is 1.05 bits per heavy atom. The molecular formula is C19H24N2S. The van der Waals surface area contributed by atoms with E-state index in [1.807, 2.05) is 6.20 Å². The summed E-state index contributed by atoms with van der Waals surface area (Å²) < 4.78 is 0. The molecule has 22 heavy (non-hydrogen) atoms. The summed E-state index contributed by atoms with van der Waals surface area (Å²) >= 11 is 1.73. The molecule has 116 valence electrons. The smallest absolute Gasteiger partial charge is 0.126 e. The van der Waals surface area contributed by atoms with Gasteiger partial charge >= 0.3 is 0 Å². The third kappa shape index (κ3) is 3.83. The van der Waals surface area contributed by atoms with Gasteiger partial charge in [0.1, 0.15) is 5.82 Å². The van der Waals surface area contributed by atoms with Gasteiger partial charge in [0.25, 0.3) is 0 Å². The highest BCUT2D eigenvalue weighted by Crippen LogP contribution is 2.37. The largest absolute Gasteiger partial charge is 0.367 e. The number of rotatable bonds is 4. The maximum absolute atomic E-state index is 4.53. The van der Waals surface area contributed by atoms with Gasteiger partial charge in [0.05, 0.1) is 0 Å². The van der Waals surface area contributed by atoms with Crippen molar-refractivity contribution in [2.24, 2.45) is 5.92 Å². The molecule has 1 saturated carbocycles. The molecule has 1 heterocycles. The van der Waals surface area contributed by atoms with Crippen molar-refractivity contribution in [1.82, 2.24) is 4.98 Å². The molecule has 1 N–H and O–H groups in total. The number of nitrogens with one attached hydrogen (secondary N) is 1. The molecular weight excluding hydrogens is 288 g/mol. The molecule has 1 aliphatic rings. The highest BCUT2D eigenvalue weighted by molar-refractivity contribution is 7.98. The molecule has 2 nitrogen and oxygen atoms in total. The van der Waals surface area contributed by atoms with Gasteiger partial charge in [-0.1, -0.05) is 37.3 Å². The van der Waals surface area contributed by atoms with Gasteiger partial charge in [0.2, 0.25) is 0 Å². The standard InChI is InChI=1S/C19H24N2S/c1-14-10-16(15-6-4-3-5-7-15)12-17(11-14)21-19-9-8-18(22-2)13-20-19/h3-9,13-14,16-17H,10-12H2,1-2H3,(H,20,21). The van der Waals surface area contributed by atoms with Gasteiger partial charge in [0.15, 0.2) is 0 Å². The van der Waals surface area contributed by atoms with E-state index < -0.39 is 0 Å². The first-order chi connectivity index (χ1) is 10.7. The van der Waals surface area contributed by atoms with E-state index in [1.165, 1.54) is 29.7 Å².